The van der Waals surface area contributed by atoms with Crippen LogP contribution in [0.2, 0.25) is 0 Å². The highest BCUT2D eigenvalue weighted by atomic mass is 79.9. The summed E-state index contributed by atoms with van der Waals surface area (Å²) in [5.41, 5.74) is 2.04. The topological polar surface area (TPSA) is 88.1 Å². The molecule has 164 valence electrons. The van der Waals surface area contributed by atoms with Crippen LogP contribution in [0, 0.1) is 13.8 Å². The van der Waals surface area contributed by atoms with Crippen molar-refractivity contribution in [2.45, 2.75) is 13.8 Å². The van der Waals surface area contributed by atoms with Crippen molar-refractivity contribution in [1.82, 2.24) is 0 Å². The van der Waals surface area contributed by atoms with Crippen molar-refractivity contribution in [2.75, 3.05) is 14.2 Å². The first-order chi connectivity index (χ1) is 15.3. The molecule has 0 saturated carbocycles. The van der Waals surface area contributed by atoms with Crippen molar-refractivity contribution in [1.29, 1.82) is 0 Å². The molecule has 0 saturated heterocycles. The van der Waals surface area contributed by atoms with Crippen LogP contribution in [0.3, 0.4) is 0 Å². The van der Waals surface area contributed by atoms with E-state index < -0.39 is 11.4 Å². The monoisotopic (exact) mass is 498 g/mol. The van der Waals surface area contributed by atoms with E-state index in [1.165, 1.54) is 20.3 Å². The van der Waals surface area contributed by atoms with Crippen LogP contribution >= 0.6 is 15.9 Å². The molecule has 0 fully saturated rings. The van der Waals surface area contributed by atoms with Gasteiger partial charge in [-0.2, -0.15) is 0 Å². The summed E-state index contributed by atoms with van der Waals surface area (Å²) in [7, 11) is 3.02. The van der Waals surface area contributed by atoms with Crippen molar-refractivity contribution in [3.63, 3.8) is 0 Å². The summed E-state index contributed by atoms with van der Waals surface area (Å²) in [5, 5.41) is 0.336. The fourth-order valence-corrected chi connectivity index (χ4v) is 3.81. The van der Waals surface area contributed by atoms with E-state index in [0.29, 0.717) is 38.3 Å². The fraction of sp³-hybridized carbons (Fsp3) is 0.167. The van der Waals surface area contributed by atoms with Gasteiger partial charge in [0.25, 0.3) is 0 Å². The molecule has 0 spiro atoms. The summed E-state index contributed by atoms with van der Waals surface area (Å²) < 4.78 is 27.9. The number of fused-ring (bicyclic) bond motifs is 1. The van der Waals surface area contributed by atoms with Gasteiger partial charge >= 0.3 is 5.97 Å². The van der Waals surface area contributed by atoms with Gasteiger partial charge in [0, 0.05) is 5.56 Å². The number of furan rings is 1. The predicted molar refractivity (Wildman–Crippen MR) is 122 cm³/mol. The zero-order valence-corrected chi connectivity index (χ0v) is 19.4. The van der Waals surface area contributed by atoms with Crippen LogP contribution in [0.5, 0.6) is 17.2 Å². The lowest BCUT2D eigenvalue weighted by Crippen LogP contribution is -2.16. The minimum absolute atomic E-state index is 0.0599. The average Bonchev–Trinajstić information content (AvgIpc) is 3.20. The minimum Gasteiger partial charge on any atom is -0.493 e. The average molecular weight is 499 g/mol. The van der Waals surface area contributed by atoms with Crippen molar-refractivity contribution >= 4 is 32.9 Å². The quantitative estimate of drug-likeness (QED) is 0.327. The molecule has 2 aromatic heterocycles. The summed E-state index contributed by atoms with van der Waals surface area (Å²) >= 11 is 3.15. The summed E-state index contributed by atoms with van der Waals surface area (Å²) in [4.78, 5) is 26.2. The Bertz CT molecular complexity index is 1400. The molecule has 32 heavy (non-hydrogen) atoms. The third kappa shape index (κ3) is 3.89. The second kappa shape index (κ2) is 8.55. The zero-order chi connectivity index (χ0) is 23.0. The summed E-state index contributed by atoms with van der Waals surface area (Å²) in [5.74, 6) is -0.101. The van der Waals surface area contributed by atoms with Crippen molar-refractivity contribution < 1.29 is 27.8 Å². The number of halogens is 1. The lowest BCUT2D eigenvalue weighted by atomic mass is 10.0. The standard InChI is InChI=1S/C24H19BrO7/c1-12-9-13(2)20-18(10-12)31-22(14-5-6-15(28-3)17(11-14)29-4)23(21(20)26)32-24(27)16-7-8-19(25)30-16/h5-11H,1-4H3. The number of benzene rings is 2. The third-order valence-corrected chi connectivity index (χ3v) is 5.34. The number of carbonyl (C=O) groups excluding carboxylic acids is 1. The molecular formula is C24H19BrO7. The van der Waals surface area contributed by atoms with Gasteiger partial charge in [-0.15, -0.1) is 0 Å². The number of hydrogen-bond donors (Lipinski definition) is 0. The number of hydrogen-bond acceptors (Lipinski definition) is 7. The van der Waals surface area contributed by atoms with Crippen LogP contribution in [0.1, 0.15) is 21.7 Å². The van der Waals surface area contributed by atoms with E-state index in [-0.39, 0.29) is 17.3 Å². The normalized spacial score (nSPS) is 10.9. The van der Waals surface area contributed by atoms with Crippen molar-refractivity contribution in [3.05, 3.63) is 74.2 Å². The first-order valence-corrected chi connectivity index (χ1v) is 10.4. The maximum Gasteiger partial charge on any atom is 0.379 e. The van der Waals surface area contributed by atoms with Gasteiger partial charge in [-0.25, -0.2) is 4.79 Å². The molecule has 0 aliphatic carbocycles. The molecule has 0 aliphatic rings. The first-order valence-electron chi connectivity index (χ1n) is 9.60. The highest BCUT2D eigenvalue weighted by Crippen LogP contribution is 2.37. The molecule has 8 heteroatoms. The van der Waals surface area contributed by atoms with Crippen LogP contribution in [0.25, 0.3) is 22.3 Å². The molecule has 2 aromatic carbocycles. The Kier molecular flexibility index (Phi) is 5.80. The van der Waals surface area contributed by atoms with Gasteiger partial charge in [-0.05, 0) is 77.3 Å². The van der Waals surface area contributed by atoms with Gasteiger partial charge in [-0.1, -0.05) is 6.07 Å². The van der Waals surface area contributed by atoms with Gasteiger partial charge in [0.1, 0.15) is 5.58 Å². The molecule has 0 atom stereocenters. The second-order valence-electron chi connectivity index (χ2n) is 7.11. The Morgan fingerprint density at radius 1 is 0.938 bits per heavy atom. The lowest BCUT2D eigenvalue weighted by molar-refractivity contribution is 0.0696. The van der Waals surface area contributed by atoms with Crippen LogP contribution in [0.15, 0.2) is 60.8 Å². The molecule has 7 nitrogen and oxygen atoms in total. The number of ether oxygens (including phenoxy) is 3. The van der Waals surface area contributed by atoms with E-state index in [9.17, 15) is 9.59 Å². The summed E-state index contributed by atoms with van der Waals surface area (Å²) in [6, 6.07) is 11.6. The minimum atomic E-state index is -0.825. The Morgan fingerprint density at radius 2 is 1.69 bits per heavy atom. The van der Waals surface area contributed by atoms with Gasteiger partial charge in [-0.3, -0.25) is 4.79 Å². The van der Waals surface area contributed by atoms with Crippen molar-refractivity contribution in [2.24, 2.45) is 0 Å². The molecule has 4 aromatic rings. The highest BCUT2D eigenvalue weighted by Gasteiger charge is 2.24. The predicted octanol–water partition coefficient (Wildman–Crippen LogP) is 5.67. The van der Waals surface area contributed by atoms with E-state index in [1.807, 2.05) is 13.0 Å². The molecule has 0 bridgehead atoms. The maximum atomic E-state index is 13.5. The molecule has 2 heterocycles. The zero-order valence-electron chi connectivity index (χ0n) is 17.8. The van der Waals surface area contributed by atoms with Crippen LogP contribution < -0.4 is 19.6 Å². The van der Waals surface area contributed by atoms with Crippen molar-refractivity contribution in [3.8, 4) is 28.6 Å². The number of aryl methyl sites for hydroxylation is 2. The Labute approximate surface area is 191 Å². The Morgan fingerprint density at radius 3 is 2.34 bits per heavy atom. The van der Waals surface area contributed by atoms with E-state index in [0.717, 1.165) is 5.56 Å². The van der Waals surface area contributed by atoms with E-state index in [1.54, 1.807) is 37.3 Å². The van der Waals surface area contributed by atoms with Gasteiger partial charge < -0.3 is 23.0 Å². The lowest BCUT2D eigenvalue weighted by Gasteiger charge is -2.13. The molecule has 0 amide bonds. The van der Waals surface area contributed by atoms with E-state index in [4.69, 9.17) is 23.0 Å². The van der Waals surface area contributed by atoms with Crippen LogP contribution in [-0.2, 0) is 0 Å². The maximum absolute atomic E-state index is 13.5. The number of carbonyl (C=O) groups is 1. The summed E-state index contributed by atoms with van der Waals surface area (Å²) in [6.07, 6.45) is 0. The molecule has 0 radical (unpaired) electrons. The largest absolute Gasteiger partial charge is 0.493 e. The van der Waals surface area contributed by atoms with Gasteiger partial charge in [0.2, 0.25) is 16.9 Å². The van der Waals surface area contributed by atoms with E-state index in [2.05, 4.69) is 15.9 Å². The molecule has 4 rings (SSSR count). The number of esters is 1. The fourth-order valence-electron chi connectivity index (χ4n) is 3.50. The number of methoxy groups -OCH3 is 2. The molecule has 0 unspecified atom stereocenters. The second-order valence-corrected chi connectivity index (χ2v) is 7.89. The van der Waals surface area contributed by atoms with Gasteiger partial charge in [0.15, 0.2) is 21.9 Å². The van der Waals surface area contributed by atoms with Crippen LogP contribution in [-0.4, -0.2) is 20.2 Å². The smallest absolute Gasteiger partial charge is 0.379 e. The SMILES string of the molecule is COc1ccc(-c2oc3cc(C)cc(C)c3c(=O)c2OC(=O)c2ccc(Br)o2)cc1OC. The van der Waals surface area contributed by atoms with Gasteiger partial charge in [0.05, 0.1) is 19.6 Å². The molecule has 0 N–H and O–H groups in total. The Hall–Kier alpha value is -3.52. The summed E-state index contributed by atoms with van der Waals surface area (Å²) in [6.45, 7) is 3.71. The molecular weight excluding hydrogens is 480 g/mol. The number of rotatable bonds is 5. The Balaban J connectivity index is 1.97. The molecule has 0 aliphatic heterocycles. The van der Waals surface area contributed by atoms with E-state index >= 15 is 0 Å². The first kappa shape index (κ1) is 21.7. The van der Waals surface area contributed by atoms with Crippen LogP contribution in [0.4, 0.5) is 0 Å². The third-order valence-electron chi connectivity index (χ3n) is 4.91. The highest BCUT2D eigenvalue weighted by molar-refractivity contribution is 9.10.